The minimum absolute atomic E-state index is 0. The zero-order valence-electron chi connectivity index (χ0n) is 25.3. The smallest absolute Gasteiger partial charge is 0.365 e. The summed E-state index contributed by atoms with van der Waals surface area (Å²) in [7, 11) is 0. The van der Waals surface area contributed by atoms with Gasteiger partial charge in [-0.1, -0.05) is 24.4 Å². The Balaban J connectivity index is 0.00000216. The number of anilines is 2. The van der Waals surface area contributed by atoms with E-state index >= 15 is 8.78 Å². The number of thiol groups is 1. The number of hydrogen-bond donors (Lipinski definition) is 4. The highest BCUT2D eigenvalue weighted by Crippen LogP contribution is 2.58. The van der Waals surface area contributed by atoms with Crippen LogP contribution in [0.4, 0.5) is 20.4 Å². The van der Waals surface area contributed by atoms with Gasteiger partial charge in [-0.2, -0.15) is 27.0 Å². The molecule has 50 heavy (non-hydrogen) atoms. The Labute approximate surface area is 305 Å². The van der Waals surface area contributed by atoms with Crippen LogP contribution < -0.4 is 10.6 Å². The van der Waals surface area contributed by atoms with Crippen molar-refractivity contribution in [2.75, 3.05) is 36.9 Å². The molecule has 18 nitrogen and oxygen atoms in total. The Hall–Kier alpha value is -2.05. The molecule has 5 aliphatic heterocycles. The van der Waals surface area contributed by atoms with Gasteiger partial charge in [0.25, 0.3) is 0 Å². The van der Waals surface area contributed by atoms with Gasteiger partial charge in [0.15, 0.2) is 58.8 Å². The fourth-order valence-corrected chi connectivity index (χ4v) is 8.79. The van der Waals surface area contributed by atoms with Gasteiger partial charge < -0.3 is 29.5 Å². The van der Waals surface area contributed by atoms with E-state index in [2.05, 4.69) is 52.8 Å². The van der Waals surface area contributed by atoms with Gasteiger partial charge in [-0.15, -0.1) is 0 Å². The van der Waals surface area contributed by atoms with Gasteiger partial charge in [0.2, 0.25) is 0 Å². The maximum Gasteiger partial charge on any atom is 0.386 e. The van der Waals surface area contributed by atoms with E-state index in [1.54, 1.807) is 0 Å². The van der Waals surface area contributed by atoms with E-state index in [0.29, 0.717) is 35.8 Å². The Morgan fingerprint density at radius 3 is 1.80 bits per heavy atom. The SMILES string of the molecule is O=P1(S)OC[C@H]2OC3[C@H](F)[C@@H]2OP(O)(=S)OC[C@H]2O[C@H]([C@H](F)[C@@H]2O1)n1cnc2c(ncnc21)NC/C=C/CNc1ncnc2c1ncn23.S.S. The van der Waals surface area contributed by atoms with Crippen LogP contribution in [0.25, 0.3) is 22.3 Å². The maximum absolute atomic E-state index is 16.2. The lowest BCUT2D eigenvalue weighted by atomic mass is 10.1. The summed E-state index contributed by atoms with van der Waals surface area (Å²) in [5.41, 5.74) is 1.09. The van der Waals surface area contributed by atoms with Gasteiger partial charge in [0.05, 0.1) is 25.9 Å². The molecule has 0 saturated carbocycles. The lowest BCUT2D eigenvalue weighted by Gasteiger charge is -2.29. The van der Waals surface area contributed by atoms with Crippen molar-refractivity contribution in [2.45, 2.75) is 49.2 Å². The second kappa shape index (κ2) is 14.8. The zero-order valence-corrected chi connectivity index (χ0v) is 30.8. The van der Waals surface area contributed by atoms with Crippen LogP contribution in [0.3, 0.4) is 0 Å². The number of halogens is 2. The molecule has 0 aromatic carbocycles. The molecular weight excluding hydrogens is 785 g/mol. The molecule has 0 spiro atoms. The Kier molecular flexibility index (Phi) is 11.1. The van der Waals surface area contributed by atoms with Crippen LogP contribution in [-0.2, 0) is 43.9 Å². The van der Waals surface area contributed by atoms with Crippen molar-refractivity contribution in [3.05, 3.63) is 37.5 Å². The number of fused-ring (bicyclic) bond motifs is 10. The lowest BCUT2D eigenvalue weighted by Crippen LogP contribution is -2.37. The summed E-state index contributed by atoms with van der Waals surface area (Å²) in [4.78, 5) is 36.8. The molecular formula is C24H30F2N10O8P2S4. The molecule has 26 heteroatoms. The summed E-state index contributed by atoms with van der Waals surface area (Å²) in [6, 6.07) is 0. The van der Waals surface area contributed by atoms with Gasteiger partial charge in [-0.25, -0.2) is 43.2 Å². The molecule has 3 fully saturated rings. The molecule has 0 aliphatic carbocycles. The largest absolute Gasteiger partial charge is 0.386 e. The summed E-state index contributed by atoms with van der Waals surface area (Å²) in [6.45, 7) is -9.13. The normalized spacial score (nSPS) is 36.5. The van der Waals surface area contributed by atoms with Gasteiger partial charge in [0, 0.05) is 13.1 Å². The van der Waals surface area contributed by atoms with Crippen LogP contribution in [0.2, 0.25) is 0 Å². The van der Waals surface area contributed by atoms with Crippen LogP contribution in [0, 0.1) is 0 Å². The molecule has 3 N–H and O–H groups in total. The Bertz CT molecular complexity index is 1860. The number of imidazole rings is 2. The summed E-state index contributed by atoms with van der Waals surface area (Å²) < 4.78 is 82.8. The highest BCUT2D eigenvalue weighted by atomic mass is 32.7. The molecule has 10 atom stereocenters. The first-order valence-corrected chi connectivity index (χ1v) is 19.8. The van der Waals surface area contributed by atoms with Crippen LogP contribution in [0.5, 0.6) is 0 Å². The van der Waals surface area contributed by atoms with Crippen molar-refractivity contribution in [2.24, 2.45) is 0 Å². The summed E-state index contributed by atoms with van der Waals surface area (Å²) >= 11 is 9.28. The number of rotatable bonds is 0. The van der Waals surface area contributed by atoms with Crippen molar-refractivity contribution in [1.29, 1.82) is 0 Å². The summed E-state index contributed by atoms with van der Waals surface area (Å²) in [6.07, 6.45) is -3.72. The molecule has 4 aromatic heterocycles. The van der Waals surface area contributed by atoms with Crippen LogP contribution in [-0.4, -0.2) is 107 Å². The van der Waals surface area contributed by atoms with Gasteiger partial charge in [0.1, 0.15) is 37.1 Å². The van der Waals surface area contributed by atoms with Crippen molar-refractivity contribution >= 4 is 98.5 Å². The van der Waals surface area contributed by atoms with E-state index in [-0.39, 0.29) is 38.3 Å². The number of hydrogen-bond acceptors (Lipinski definition) is 16. The highest BCUT2D eigenvalue weighted by Gasteiger charge is 2.54. The number of nitrogens with zero attached hydrogens (tertiary/aromatic N) is 8. The fraction of sp³-hybridized carbons (Fsp3) is 0.500. The van der Waals surface area contributed by atoms with E-state index in [0.717, 1.165) is 0 Å². The second-order valence-electron chi connectivity index (χ2n) is 11.0. The third-order valence-electron chi connectivity index (χ3n) is 8.05. The minimum Gasteiger partial charge on any atom is -0.365 e. The molecule has 272 valence electrons. The molecule has 3 unspecified atom stereocenters. The van der Waals surface area contributed by atoms with Gasteiger partial charge in [-0.05, 0) is 11.8 Å². The highest BCUT2D eigenvalue weighted by molar-refractivity contribution is 8.44. The molecule has 0 amide bonds. The number of aromatic nitrogens is 8. The van der Waals surface area contributed by atoms with Crippen molar-refractivity contribution < 1.29 is 45.8 Å². The van der Waals surface area contributed by atoms with Gasteiger partial charge >= 0.3 is 13.5 Å². The van der Waals surface area contributed by atoms with Crippen LogP contribution >= 0.6 is 52.8 Å². The topological polar surface area (TPSA) is 204 Å². The van der Waals surface area contributed by atoms with E-state index in [1.807, 2.05) is 12.2 Å². The number of ether oxygens (including phenoxy) is 2. The van der Waals surface area contributed by atoms with E-state index in [9.17, 15) is 9.46 Å². The third kappa shape index (κ3) is 7.03. The predicted octanol–water partition coefficient (Wildman–Crippen LogP) is 2.83. The summed E-state index contributed by atoms with van der Waals surface area (Å²) in [5.74, 6) is 0.753. The van der Waals surface area contributed by atoms with Crippen molar-refractivity contribution in [3.63, 3.8) is 0 Å². The Morgan fingerprint density at radius 2 is 1.28 bits per heavy atom. The molecule has 14 bridgehead atoms. The molecule has 9 rings (SSSR count). The third-order valence-corrected chi connectivity index (χ3v) is 11.2. The maximum atomic E-state index is 16.2. The fourth-order valence-electron chi connectivity index (χ4n) is 5.87. The van der Waals surface area contributed by atoms with Crippen molar-refractivity contribution in [3.8, 4) is 0 Å². The second-order valence-corrected chi connectivity index (χ2v) is 16.7. The predicted molar refractivity (Wildman–Crippen MR) is 190 cm³/mol. The quantitative estimate of drug-likeness (QED) is 0.115. The summed E-state index contributed by atoms with van der Waals surface area (Å²) in [5, 5.41) is 6.30. The number of alkyl halides is 2. The zero-order chi connectivity index (χ0) is 33.2. The Morgan fingerprint density at radius 1 is 0.800 bits per heavy atom. The minimum atomic E-state index is -4.38. The molecule has 3 saturated heterocycles. The molecule has 4 aromatic rings. The molecule has 5 aliphatic rings. The lowest BCUT2D eigenvalue weighted by molar-refractivity contribution is -0.0564. The van der Waals surface area contributed by atoms with Crippen molar-refractivity contribution in [1.82, 2.24) is 39.0 Å². The average molecular weight is 815 g/mol. The first kappa shape index (κ1) is 37.7. The van der Waals surface area contributed by atoms with E-state index in [1.165, 1.54) is 34.4 Å². The number of nitrogens with one attached hydrogen (secondary N) is 2. The molecule has 9 heterocycles. The first-order valence-electron chi connectivity index (χ1n) is 14.5. The van der Waals surface area contributed by atoms with Crippen LogP contribution in [0.15, 0.2) is 37.5 Å². The standard InChI is InChI=1S/C24H26F2N10O8P2S2.2H2S/c25-13-17-11-5-39-46(38,48)44-18-12(6-40-45(37,47)43-17)42-24(14(18)26)36-10-34-16-20(30-8-32-22(16)36)28-4-2-1-3-27-19-15-21(31-7-29-19)35(9-33-15)23(13)41-11;;/h1-2,7-14,17-18,23-24H,3-6H2,(H,37,47)(H,38,48)(H,27,29,31)(H,28,30,32);2*1H2/b2-1+;;/t11-,12-,13-,14-,17-,18-,23-,24?,45?,46?;;/m1../s1. The van der Waals surface area contributed by atoms with Gasteiger partial charge in [-0.3, -0.25) is 22.7 Å². The first-order chi connectivity index (χ1) is 23.1. The molecule has 0 radical (unpaired) electrons. The van der Waals surface area contributed by atoms with Crippen LogP contribution in [0.1, 0.15) is 12.5 Å². The van der Waals surface area contributed by atoms with E-state index < -0.39 is 75.9 Å². The monoisotopic (exact) mass is 814 g/mol. The average Bonchev–Trinajstić information content (AvgIpc) is 3.81. The van der Waals surface area contributed by atoms with E-state index in [4.69, 9.17) is 39.4 Å².